The van der Waals surface area contributed by atoms with Gasteiger partial charge in [-0.05, 0) is 47.0 Å². The molecule has 35 heavy (non-hydrogen) atoms. The van der Waals surface area contributed by atoms with E-state index in [1.807, 2.05) is 72.8 Å². The summed E-state index contributed by atoms with van der Waals surface area (Å²) < 4.78 is 16.7. The average Bonchev–Trinajstić information content (AvgIpc) is 2.91. The van der Waals surface area contributed by atoms with E-state index in [1.54, 1.807) is 30.3 Å². The second-order valence-electron chi connectivity index (χ2n) is 7.74. The van der Waals surface area contributed by atoms with Crippen molar-refractivity contribution in [2.45, 2.75) is 0 Å². The number of esters is 1. The summed E-state index contributed by atoms with van der Waals surface area (Å²) in [6, 6.07) is 31.5. The normalized spacial score (nSPS) is 11.0. The summed E-state index contributed by atoms with van der Waals surface area (Å²) in [6.45, 7) is 0. The Morgan fingerprint density at radius 2 is 1.40 bits per heavy atom. The molecule has 170 valence electrons. The molecule has 0 saturated carbocycles. The maximum absolute atomic E-state index is 12.9. The molecule has 0 fully saturated rings. The van der Waals surface area contributed by atoms with E-state index in [2.05, 4.69) is 0 Å². The molecule has 0 saturated heterocycles. The van der Waals surface area contributed by atoms with Gasteiger partial charge in [-0.3, -0.25) is 4.79 Å². The standard InChI is InChI=1S/C30H20O5/c31-29(18-11-21-7-3-1-4-8-21)35-25-16-17-26-27(19-25)33-20-28(30(26)32)34-24-14-12-23(13-15-24)22-9-5-2-6-10-22/h1-20H. The summed E-state index contributed by atoms with van der Waals surface area (Å²) in [6.07, 6.45) is 4.27. The molecule has 5 aromatic rings. The van der Waals surface area contributed by atoms with E-state index >= 15 is 0 Å². The van der Waals surface area contributed by atoms with Crippen molar-refractivity contribution in [3.05, 3.63) is 131 Å². The Kier molecular flexibility index (Phi) is 6.22. The molecule has 5 rings (SSSR count). The van der Waals surface area contributed by atoms with E-state index in [0.29, 0.717) is 16.7 Å². The first-order valence-corrected chi connectivity index (χ1v) is 11.0. The van der Waals surface area contributed by atoms with E-state index in [4.69, 9.17) is 13.9 Å². The lowest BCUT2D eigenvalue weighted by molar-refractivity contribution is -0.128. The summed E-state index contributed by atoms with van der Waals surface area (Å²) in [5, 5.41) is 0.322. The second kappa shape index (κ2) is 9.93. The molecule has 0 N–H and O–H groups in total. The molecule has 0 atom stereocenters. The maximum Gasteiger partial charge on any atom is 0.336 e. The number of ether oxygens (including phenoxy) is 2. The highest BCUT2D eigenvalue weighted by atomic mass is 16.5. The van der Waals surface area contributed by atoms with Crippen LogP contribution >= 0.6 is 0 Å². The Balaban J connectivity index is 1.30. The van der Waals surface area contributed by atoms with Gasteiger partial charge in [-0.15, -0.1) is 0 Å². The minimum absolute atomic E-state index is 0.0699. The van der Waals surface area contributed by atoms with E-state index in [9.17, 15) is 9.59 Å². The zero-order valence-corrected chi connectivity index (χ0v) is 18.6. The molecule has 5 nitrogen and oxygen atoms in total. The fourth-order valence-corrected chi connectivity index (χ4v) is 3.58. The third-order valence-electron chi connectivity index (χ3n) is 5.33. The van der Waals surface area contributed by atoms with Gasteiger partial charge in [-0.1, -0.05) is 72.8 Å². The van der Waals surface area contributed by atoms with Crippen molar-refractivity contribution in [2.24, 2.45) is 0 Å². The van der Waals surface area contributed by atoms with Crippen LogP contribution in [0, 0.1) is 0 Å². The van der Waals surface area contributed by atoms with Crippen LogP contribution in [-0.2, 0) is 4.79 Å². The lowest BCUT2D eigenvalue weighted by Crippen LogP contribution is -2.06. The number of hydrogen-bond donors (Lipinski definition) is 0. The fourth-order valence-electron chi connectivity index (χ4n) is 3.58. The summed E-state index contributed by atoms with van der Waals surface area (Å²) in [5.74, 6) is 0.329. The Labute approximate surface area is 201 Å². The maximum atomic E-state index is 12.9. The van der Waals surface area contributed by atoms with Crippen LogP contribution < -0.4 is 14.9 Å². The van der Waals surface area contributed by atoms with Crippen molar-refractivity contribution < 1.29 is 18.7 Å². The molecular formula is C30H20O5. The molecule has 0 radical (unpaired) electrons. The minimum Gasteiger partial charge on any atom is -0.460 e. The van der Waals surface area contributed by atoms with E-state index in [1.165, 1.54) is 18.4 Å². The number of carbonyl (C=O) groups excluding carboxylic acids is 1. The quantitative estimate of drug-likeness (QED) is 0.157. The van der Waals surface area contributed by atoms with Gasteiger partial charge in [0.05, 0.1) is 5.39 Å². The van der Waals surface area contributed by atoms with Gasteiger partial charge in [0.25, 0.3) is 0 Å². The number of rotatable bonds is 6. The van der Waals surface area contributed by atoms with E-state index < -0.39 is 5.97 Å². The molecular weight excluding hydrogens is 440 g/mol. The zero-order valence-electron chi connectivity index (χ0n) is 18.6. The third kappa shape index (κ3) is 5.20. The average molecular weight is 460 g/mol. The van der Waals surface area contributed by atoms with Gasteiger partial charge in [0, 0.05) is 12.1 Å². The van der Waals surface area contributed by atoms with Gasteiger partial charge in [-0.2, -0.15) is 0 Å². The first-order valence-electron chi connectivity index (χ1n) is 11.0. The summed E-state index contributed by atoms with van der Waals surface area (Å²) >= 11 is 0. The predicted molar refractivity (Wildman–Crippen MR) is 136 cm³/mol. The topological polar surface area (TPSA) is 65.7 Å². The van der Waals surface area contributed by atoms with Crippen LogP contribution in [-0.4, -0.2) is 5.97 Å². The van der Waals surface area contributed by atoms with Crippen LogP contribution in [0.5, 0.6) is 17.2 Å². The molecule has 0 unspecified atom stereocenters. The molecule has 5 heteroatoms. The van der Waals surface area contributed by atoms with E-state index in [0.717, 1.165) is 16.7 Å². The lowest BCUT2D eigenvalue weighted by atomic mass is 10.1. The van der Waals surface area contributed by atoms with Crippen molar-refractivity contribution in [1.29, 1.82) is 0 Å². The molecule has 1 aromatic heterocycles. The molecule has 0 aliphatic carbocycles. The highest BCUT2D eigenvalue weighted by Crippen LogP contribution is 2.26. The molecule has 0 spiro atoms. The van der Waals surface area contributed by atoms with Crippen LogP contribution in [0.2, 0.25) is 0 Å². The van der Waals surface area contributed by atoms with Gasteiger partial charge in [0.2, 0.25) is 11.2 Å². The molecule has 0 amide bonds. The van der Waals surface area contributed by atoms with Crippen molar-refractivity contribution in [3.8, 4) is 28.4 Å². The van der Waals surface area contributed by atoms with Crippen LogP contribution in [0.25, 0.3) is 28.2 Å². The monoisotopic (exact) mass is 460 g/mol. The molecule has 0 bridgehead atoms. The van der Waals surface area contributed by atoms with Gasteiger partial charge in [0.1, 0.15) is 23.3 Å². The summed E-state index contributed by atoms with van der Waals surface area (Å²) in [4.78, 5) is 25.0. The highest BCUT2D eigenvalue weighted by molar-refractivity contribution is 5.89. The van der Waals surface area contributed by atoms with Crippen molar-refractivity contribution >= 4 is 23.0 Å². The van der Waals surface area contributed by atoms with Crippen molar-refractivity contribution in [2.75, 3.05) is 0 Å². The molecule has 0 aliphatic rings. The van der Waals surface area contributed by atoms with Crippen molar-refractivity contribution in [3.63, 3.8) is 0 Å². The minimum atomic E-state index is -0.533. The number of benzene rings is 4. The first-order chi connectivity index (χ1) is 17.2. The van der Waals surface area contributed by atoms with Gasteiger partial charge in [-0.25, -0.2) is 4.79 Å². The lowest BCUT2D eigenvalue weighted by Gasteiger charge is -2.08. The zero-order chi connectivity index (χ0) is 24.0. The number of carbonyl (C=O) groups is 1. The van der Waals surface area contributed by atoms with E-state index in [-0.39, 0.29) is 16.9 Å². The predicted octanol–water partition coefficient (Wildman–Crippen LogP) is 6.87. The second-order valence-corrected chi connectivity index (χ2v) is 7.74. The Bertz CT molecular complexity index is 1550. The summed E-state index contributed by atoms with van der Waals surface area (Å²) in [7, 11) is 0. The van der Waals surface area contributed by atoms with Gasteiger partial charge >= 0.3 is 5.97 Å². The third-order valence-corrected chi connectivity index (χ3v) is 5.33. The largest absolute Gasteiger partial charge is 0.460 e. The first kappa shape index (κ1) is 21.9. The molecule has 0 aliphatic heterocycles. The Morgan fingerprint density at radius 1 is 0.743 bits per heavy atom. The van der Waals surface area contributed by atoms with Crippen LogP contribution in [0.1, 0.15) is 5.56 Å². The van der Waals surface area contributed by atoms with Crippen molar-refractivity contribution in [1.82, 2.24) is 0 Å². The molecule has 4 aromatic carbocycles. The van der Waals surface area contributed by atoms with Crippen LogP contribution in [0.3, 0.4) is 0 Å². The number of fused-ring (bicyclic) bond motifs is 1. The number of hydrogen-bond acceptors (Lipinski definition) is 5. The Morgan fingerprint density at radius 3 is 2.14 bits per heavy atom. The van der Waals surface area contributed by atoms with Gasteiger partial charge in [0.15, 0.2) is 0 Å². The smallest absolute Gasteiger partial charge is 0.336 e. The highest BCUT2D eigenvalue weighted by Gasteiger charge is 2.11. The van der Waals surface area contributed by atoms with Crippen LogP contribution in [0.15, 0.2) is 125 Å². The van der Waals surface area contributed by atoms with Gasteiger partial charge < -0.3 is 13.9 Å². The Hall–Kier alpha value is -4.90. The van der Waals surface area contributed by atoms with Crippen LogP contribution in [0.4, 0.5) is 0 Å². The SMILES string of the molecule is O=C(C=Cc1ccccc1)Oc1ccc2c(=O)c(Oc3ccc(-c4ccccc4)cc3)coc2c1. The summed E-state index contributed by atoms with van der Waals surface area (Å²) in [5.41, 5.74) is 3.00. The fraction of sp³-hybridized carbons (Fsp3) is 0. The molecule has 1 heterocycles.